The monoisotopic (exact) mass is 463 g/mol. The fourth-order valence-electron chi connectivity index (χ4n) is 4.22. The molecule has 1 saturated carbocycles. The van der Waals surface area contributed by atoms with Crippen molar-refractivity contribution in [2.75, 3.05) is 20.2 Å². The third kappa shape index (κ3) is 4.69. The van der Waals surface area contributed by atoms with Crippen molar-refractivity contribution in [2.45, 2.75) is 32.6 Å². The molecule has 1 amide bonds. The van der Waals surface area contributed by atoms with Gasteiger partial charge < -0.3 is 9.64 Å². The van der Waals surface area contributed by atoms with E-state index in [9.17, 15) is 9.18 Å². The lowest BCUT2D eigenvalue weighted by Crippen LogP contribution is -2.34. The van der Waals surface area contributed by atoms with E-state index < -0.39 is 0 Å². The molecule has 2 aromatic rings. The Morgan fingerprint density at radius 1 is 1.33 bits per heavy atom. The molecule has 1 aromatic carbocycles. The highest BCUT2D eigenvalue weighted by Gasteiger charge is 2.31. The number of allylic oxidation sites excluding steroid dienone is 4. The summed E-state index contributed by atoms with van der Waals surface area (Å²) in [5.41, 5.74) is 5.28. The predicted molar refractivity (Wildman–Crippen MR) is 129 cm³/mol. The summed E-state index contributed by atoms with van der Waals surface area (Å²) in [5.74, 6) is 0.233. The predicted octanol–water partition coefficient (Wildman–Crippen LogP) is 5.89. The Kier molecular flexibility index (Phi) is 5.98. The number of rotatable bonds is 8. The number of hydrogen-bond donors (Lipinski definition) is 0. The molecular weight excluding hydrogens is 437 g/mol. The van der Waals surface area contributed by atoms with Gasteiger partial charge in [-0.05, 0) is 55.4 Å². The molecule has 1 fully saturated rings. The lowest BCUT2D eigenvalue weighted by Gasteiger charge is -2.23. The minimum Gasteiger partial charge on any atom is -0.473 e. The topological polar surface area (TPSA) is 54.8 Å². The highest BCUT2D eigenvalue weighted by molar-refractivity contribution is 7.17. The Balaban J connectivity index is 1.39. The molecule has 170 valence electrons. The number of thiazole rings is 1. The van der Waals surface area contributed by atoms with Crippen molar-refractivity contribution in [3.63, 3.8) is 0 Å². The first-order chi connectivity index (χ1) is 16.0. The largest absolute Gasteiger partial charge is 0.473 e. The number of benzene rings is 1. The van der Waals surface area contributed by atoms with Gasteiger partial charge in [0.25, 0.3) is 11.1 Å². The van der Waals surface area contributed by atoms with E-state index in [-0.39, 0.29) is 11.7 Å². The molecule has 0 unspecified atom stereocenters. The van der Waals surface area contributed by atoms with Crippen LogP contribution in [-0.4, -0.2) is 41.7 Å². The zero-order chi connectivity index (χ0) is 22.9. The minimum atomic E-state index is -0.222. The van der Waals surface area contributed by atoms with Gasteiger partial charge >= 0.3 is 0 Å². The number of ether oxygens (including phenoxy) is 1. The average molecular weight is 464 g/mol. The first-order valence-corrected chi connectivity index (χ1v) is 12.1. The summed E-state index contributed by atoms with van der Waals surface area (Å²) in [6.07, 6.45) is 8.35. The molecule has 7 heteroatoms. The standard InChI is InChI=1S/C26H26FN3O2S/c1-16-4-3-5-18(12-16)24-23(29-26(32-2)33-24)25(31)30(15-17-6-7-17)11-10-19-14-28-22-9-8-20(27)13-21(19)22/h3-5,8,12-14,17H,6-7,9-11,15H2,1-2H3. The molecule has 0 radical (unpaired) electrons. The highest BCUT2D eigenvalue weighted by atomic mass is 32.1. The Hall–Kier alpha value is -3.06. The fraction of sp³-hybridized carbons (Fsp3) is 0.346. The second-order valence-corrected chi connectivity index (χ2v) is 9.72. The number of aryl methyl sites for hydroxylation is 1. The van der Waals surface area contributed by atoms with E-state index in [0.717, 1.165) is 45.7 Å². The number of carbonyl (C=O) groups is 1. The molecule has 2 aliphatic carbocycles. The van der Waals surface area contributed by atoms with Gasteiger partial charge in [-0.3, -0.25) is 9.79 Å². The van der Waals surface area contributed by atoms with Crippen molar-refractivity contribution in [3.05, 3.63) is 70.8 Å². The lowest BCUT2D eigenvalue weighted by molar-refractivity contribution is 0.0745. The van der Waals surface area contributed by atoms with Crippen LogP contribution < -0.4 is 4.74 Å². The van der Waals surface area contributed by atoms with Crippen molar-refractivity contribution in [1.82, 2.24) is 9.88 Å². The molecular formula is C26H26FN3O2S. The smallest absolute Gasteiger partial charge is 0.274 e. The van der Waals surface area contributed by atoms with Gasteiger partial charge in [0, 0.05) is 31.3 Å². The molecule has 3 aliphatic rings. The van der Waals surface area contributed by atoms with Crippen LogP contribution in [0.4, 0.5) is 4.39 Å². The fourth-order valence-corrected chi connectivity index (χ4v) is 5.09. The first kappa shape index (κ1) is 21.8. The Bertz CT molecular complexity index is 1220. The van der Waals surface area contributed by atoms with E-state index in [2.05, 4.69) is 16.0 Å². The number of halogens is 1. The van der Waals surface area contributed by atoms with Crippen LogP contribution in [0.1, 0.15) is 41.7 Å². The summed E-state index contributed by atoms with van der Waals surface area (Å²) in [4.78, 5) is 25.5. The van der Waals surface area contributed by atoms with Crippen molar-refractivity contribution in [2.24, 2.45) is 10.9 Å². The van der Waals surface area contributed by atoms with E-state index in [1.165, 1.54) is 11.3 Å². The molecule has 0 bridgehead atoms. The van der Waals surface area contributed by atoms with Crippen molar-refractivity contribution >= 4 is 23.0 Å². The molecule has 0 atom stereocenters. The highest BCUT2D eigenvalue weighted by Crippen LogP contribution is 2.37. The van der Waals surface area contributed by atoms with Crippen LogP contribution in [0.25, 0.3) is 10.4 Å². The molecule has 2 heterocycles. The van der Waals surface area contributed by atoms with Crippen molar-refractivity contribution in [3.8, 4) is 15.6 Å². The van der Waals surface area contributed by atoms with Crippen LogP contribution in [0, 0.1) is 12.8 Å². The van der Waals surface area contributed by atoms with Gasteiger partial charge in [-0.2, -0.15) is 4.98 Å². The SMILES string of the molecule is COc1nc(C(=O)N(CCC2=CN=C3CC=C(F)C=C23)CC2CC2)c(-c2cccc(C)c2)s1. The maximum absolute atomic E-state index is 13.8. The van der Waals surface area contributed by atoms with Crippen LogP contribution in [-0.2, 0) is 0 Å². The second-order valence-electron chi connectivity index (χ2n) is 8.76. The summed E-state index contributed by atoms with van der Waals surface area (Å²) in [6.45, 7) is 3.28. The molecule has 0 spiro atoms. The molecule has 0 saturated heterocycles. The normalized spacial score (nSPS) is 17.1. The quantitative estimate of drug-likeness (QED) is 0.490. The number of methoxy groups -OCH3 is 1. The Labute approximate surface area is 197 Å². The summed E-state index contributed by atoms with van der Waals surface area (Å²) < 4.78 is 19.2. The van der Waals surface area contributed by atoms with E-state index >= 15 is 0 Å². The van der Waals surface area contributed by atoms with Crippen molar-refractivity contribution < 1.29 is 13.9 Å². The molecule has 0 N–H and O–H groups in total. The van der Waals surface area contributed by atoms with Gasteiger partial charge in [0.2, 0.25) is 0 Å². The number of nitrogens with zero attached hydrogens (tertiary/aromatic N) is 3. The molecule has 33 heavy (non-hydrogen) atoms. The third-order valence-electron chi connectivity index (χ3n) is 6.18. The zero-order valence-corrected chi connectivity index (χ0v) is 19.6. The molecule has 1 aromatic heterocycles. The number of hydrogen-bond acceptors (Lipinski definition) is 5. The van der Waals surface area contributed by atoms with Gasteiger partial charge in [-0.25, -0.2) is 4.39 Å². The summed E-state index contributed by atoms with van der Waals surface area (Å²) >= 11 is 1.39. The second kappa shape index (κ2) is 9.06. The van der Waals surface area contributed by atoms with Gasteiger partial charge in [0.15, 0.2) is 5.69 Å². The molecule has 1 aliphatic heterocycles. The minimum absolute atomic E-state index is 0.0820. The Morgan fingerprint density at radius 3 is 2.94 bits per heavy atom. The van der Waals surface area contributed by atoms with Crippen LogP contribution >= 0.6 is 11.3 Å². The number of aliphatic imine (C=N–C) groups is 1. The lowest BCUT2D eigenvalue weighted by atomic mass is 9.95. The zero-order valence-electron chi connectivity index (χ0n) is 18.8. The number of carbonyl (C=O) groups excluding carboxylic acids is 1. The van der Waals surface area contributed by atoms with E-state index in [4.69, 9.17) is 4.74 Å². The maximum atomic E-state index is 13.8. The van der Waals surface area contributed by atoms with Gasteiger partial charge in [-0.1, -0.05) is 41.2 Å². The summed E-state index contributed by atoms with van der Waals surface area (Å²) in [6, 6.07) is 8.09. The average Bonchev–Trinajstić information content (AvgIpc) is 3.38. The van der Waals surface area contributed by atoms with Gasteiger partial charge in [0.05, 0.1) is 17.7 Å². The van der Waals surface area contributed by atoms with Gasteiger partial charge in [0.1, 0.15) is 5.83 Å². The maximum Gasteiger partial charge on any atom is 0.274 e. The number of amides is 1. The molecule has 5 rings (SSSR count). The number of aromatic nitrogens is 1. The van der Waals surface area contributed by atoms with Crippen LogP contribution in [0.5, 0.6) is 5.19 Å². The van der Waals surface area contributed by atoms with E-state index in [0.29, 0.717) is 42.7 Å². The summed E-state index contributed by atoms with van der Waals surface area (Å²) in [7, 11) is 1.57. The molecule has 5 nitrogen and oxygen atoms in total. The summed E-state index contributed by atoms with van der Waals surface area (Å²) in [5, 5.41) is 0.479. The van der Waals surface area contributed by atoms with Crippen molar-refractivity contribution in [1.29, 1.82) is 0 Å². The first-order valence-electron chi connectivity index (χ1n) is 11.3. The number of fused-ring (bicyclic) bond motifs is 1. The van der Waals surface area contributed by atoms with E-state index in [1.54, 1.807) is 19.3 Å². The third-order valence-corrected chi connectivity index (χ3v) is 7.25. The van der Waals surface area contributed by atoms with Crippen LogP contribution in [0.15, 0.2) is 64.6 Å². The Morgan fingerprint density at radius 2 is 2.18 bits per heavy atom. The van der Waals surface area contributed by atoms with Gasteiger partial charge in [-0.15, -0.1) is 0 Å². The van der Waals surface area contributed by atoms with Crippen LogP contribution in [0.3, 0.4) is 0 Å². The van der Waals surface area contributed by atoms with E-state index in [1.807, 2.05) is 36.2 Å². The van der Waals surface area contributed by atoms with Crippen LogP contribution in [0.2, 0.25) is 0 Å².